The van der Waals surface area contributed by atoms with E-state index in [9.17, 15) is 4.79 Å². The van der Waals surface area contributed by atoms with Crippen molar-refractivity contribution < 1.29 is 9.32 Å². The first-order valence-electron chi connectivity index (χ1n) is 10.8. The monoisotopic (exact) mass is 392 g/mol. The molecule has 5 rings (SSSR count). The van der Waals surface area contributed by atoms with E-state index in [1.54, 1.807) is 6.20 Å². The predicted molar refractivity (Wildman–Crippen MR) is 110 cm³/mol. The molecule has 1 spiro atoms. The molecular weight excluding hydrogens is 364 g/mol. The van der Waals surface area contributed by atoms with Gasteiger partial charge in [0.2, 0.25) is 0 Å². The zero-order valence-electron chi connectivity index (χ0n) is 16.9. The largest absolute Gasteiger partial charge is 0.370 e. The van der Waals surface area contributed by atoms with Gasteiger partial charge in [0.15, 0.2) is 5.76 Å². The summed E-state index contributed by atoms with van der Waals surface area (Å²) >= 11 is 0. The summed E-state index contributed by atoms with van der Waals surface area (Å²) < 4.78 is 5.25. The number of rotatable bonds is 8. The second-order valence-corrected chi connectivity index (χ2v) is 8.78. The van der Waals surface area contributed by atoms with Gasteiger partial charge in [-0.2, -0.15) is 0 Å². The number of hydrogen-bond acceptors (Lipinski definition) is 5. The molecule has 0 aliphatic heterocycles. The van der Waals surface area contributed by atoms with Crippen molar-refractivity contribution in [2.75, 3.05) is 11.9 Å². The van der Waals surface area contributed by atoms with Crippen molar-refractivity contribution in [3.8, 4) is 0 Å². The molecule has 3 aliphatic rings. The summed E-state index contributed by atoms with van der Waals surface area (Å²) in [6.07, 6.45) is 12.5. The topological polar surface area (TPSA) is 80.0 Å². The molecule has 0 aromatic carbocycles. The molecule has 3 aliphatic carbocycles. The molecule has 3 unspecified atom stereocenters. The normalized spacial score (nSPS) is 25.5. The van der Waals surface area contributed by atoms with Gasteiger partial charge >= 0.3 is 0 Å². The van der Waals surface area contributed by atoms with Crippen molar-refractivity contribution in [1.29, 1.82) is 0 Å². The van der Waals surface area contributed by atoms with Crippen LogP contribution < -0.4 is 10.6 Å². The average molecular weight is 393 g/mol. The van der Waals surface area contributed by atoms with Crippen LogP contribution in [0.4, 0.5) is 5.82 Å². The molecule has 152 valence electrons. The minimum Gasteiger partial charge on any atom is -0.370 e. The van der Waals surface area contributed by atoms with Gasteiger partial charge in [-0.1, -0.05) is 30.7 Å². The maximum absolute atomic E-state index is 12.4. The van der Waals surface area contributed by atoms with Gasteiger partial charge in [0.05, 0.1) is 17.8 Å². The molecule has 2 bridgehead atoms. The molecule has 3 atom stereocenters. The number of hydrogen-bond donors (Lipinski definition) is 2. The van der Waals surface area contributed by atoms with Crippen LogP contribution in [-0.4, -0.2) is 22.6 Å². The Hall–Kier alpha value is -2.63. The van der Waals surface area contributed by atoms with E-state index >= 15 is 0 Å². The summed E-state index contributed by atoms with van der Waals surface area (Å²) in [6, 6.07) is 5.60. The molecule has 2 aromatic heterocycles. The van der Waals surface area contributed by atoms with Crippen LogP contribution in [0.15, 0.2) is 41.1 Å². The maximum atomic E-state index is 12.4. The Morgan fingerprint density at radius 1 is 1.31 bits per heavy atom. The number of carbonyl (C=O) groups excluding carboxylic acids is 1. The highest BCUT2D eigenvalue weighted by atomic mass is 16.5. The summed E-state index contributed by atoms with van der Waals surface area (Å²) in [5.41, 5.74) is 2.10. The summed E-state index contributed by atoms with van der Waals surface area (Å²) in [7, 11) is 0. The molecule has 6 heteroatoms. The number of allylic oxidation sites excluding steroid dienone is 2. The summed E-state index contributed by atoms with van der Waals surface area (Å²) in [4.78, 5) is 16.8. The first-order chi connectivity index (χ1) is 14.2. The third-order valence-corrected chi connectivity index (χ3v) is 6.95. The third kappa shape index (κ3) is 3.45. The van der Waals surface area contributed by atoms with Crippen LogP contribution in [0.25, 0.3) is 0 Å². The van der Waals surface area contributed by atoms with Gasteiger partial charge in [-0.05, 0) is 61.0 Å². The van der Waals surface area contributed by atoms with E-state index in [0.29, 0.717) is 29.2 Å². The van der Waals surface area contributed by atoms with Crippen LogP contribution in [0.2, 0.25) is 0 Å². The lowest BCUT2D eigenvalue weighted by Gasteiger charge is -2.20. The predicted octanol–water partition coefficient (Wildman–Crippen LogP) is 3.97. The van der Waals surface area contributed by atoms with E-state index in [0.717, 1.165) is 42.7 Å². The zero-order valence-corrected chi connectivity index (χ0v) is 16.9. The number of aromatic nitrogens is 2. The second-order valence-electron chi connectivity index (χ2n) is 8.78. The smallest absolute Gasteiger partial charge is 0.253 e. The van der Waals surface area contributed by atoms with Crippen molar-refractivity contribution in [3.63, 3.8) is 0 Å². The fourth-order valence-electron chi connectivity index (χ4n) is 5.31. The van der Waals surface area contributed by atoms with Gasteiger partial charge in [0.1, 0.15) is 5.82 Å². The van der Waals surface area contributed by atoms with Crippen molar-refractivity contribution >= 4 is 11.7 Å². The first kappa shape index (κ1) is 18.4. The van der Waals surface area contributed by atoms with Crippen LogP contribution in [0.3, 0.4) is 0 Å². The van der Waals surface area contributed by atoms with Crippen LogP contribution in [0.1, 0.15) is 54.4 Å². The molecule has 29 heavy (non-hydrogen) atoms. The average Bonchev–Trinajstić information content (AvgIpc) is 3.19. The Labute approximate surface area is 171 Å². The van der Waals surface area contributed by atoms with Gasteiger partial charge in [-0.3, -0.25) is 4.79 Å². The summed E-state index contributed by atoms with van der Waals surface area (Å²) in [5.74, 6) is 3.60. The van der Waals surface area contributed by atoms with Gasteiger partial charge in [-0.25, -0.2) is 4.98 Å². The third-order valence-electron chi connectivity index (χ3n) is 6.95. The highest BCUT2D eigenvalue weighted by molar-refractivity contribution is 5.93. The Morgan fingerprint density at radius 3 is 2.93 bits per heavy atom. The molecule has 0 radical (unpaired) electrons. The minimum atomic E-state index is -0.161. The number of amides is 1. The summed E-state index contributed by atoms with van der Waals surface area (Å²) in [5, 5.41) is 10.3. The van der Waals surface area contributed by atoms with Gasteiger partial charge in [0.25, 0.3) is 5.91 Å². The lowest BCUT2D eigenvalue weighted by molar-refractivity contribution is 0.0946. The van der Waals surface area contributed by atoms with E-state index in [1.165, 1.54) is 19.3 Å². The first-order valence-corrected chi connectivity index (χ1v) is 10.8. The van der Waals surface area contributed by atoms with Crippen LogP contribution >= 0.6 is 0 Å². The van der Waals surface area contributed by atoms with Crippen LogP contribution in [0.5, 0.6) is 0 Å². The number of nitrogens with one attached hydrogen (secondary N) is 2. The standard InChI is InChI=1S/C23H28N4O2/c1-2-3-18-11-19(29-27-18)14-26-22(28)15-4-7-21(24-12-15)25-13-16-10-17-5-6-20(16)23(17)8-9-23/h4-7,11-12,16-17,20H,2-3,8-10,13-14H2,1H3,(H,24,25)(H,26,28). The lowest BCUT2D eigenvalue weighted by atomic mass is 9.89. The fourth-order valence-corrected chi connectivity index (χ4v) is 5.31. The lowest BCUT2D eigenvalue weighted by Crippen LogP contribution is -2.23. The van der Waals surface area contributed by atoms with Crippen LogP contribution in [0, 0.1) is 23.2 Å². The molecule has 0 saturated heterocycles. The molecule has 1 amide bonds. The van der Waals surface area contributed by atoms with Crippen LogP contribution in [-0.2, 0) is 13.0 Å². The molecule has 2 fully saturated rings. The Bertz CT molecular complexity index is 913. The Balaban J connectivity index is 1.11. The minimum absolute atomic E-state index is 0.161. The number of pyridine rings is 1. The molecule has 2 N–H and O–H groups in total. The van der Waals surface area contributed by atoms with Crippen molar-refractivity contribution in [2.24, 2.45) is 23.2 Å². The SMILES string of the molecule is CCCc1cc(CNC(=O)c2ccc(NCC3CC4C=CC3C43CC3)nc2)on1. The van der Waals surface area contributed by atoms with E-state index in [1.807, 2.05) is 18.2 Å². The summed E-state index contributed by atoms with van der Waals surface area (Å²) in [6.45, 7) is 3.38. The molecule has 2 heterocycles. The number of aryl methyl sites for hydroxylation is 1. The number of nitrogens with zero attached hydrogens (tertiary/aromatic N) is 2. The van der Waals surface area contributed by atoms with Gasteiger partial charge in [-0.15, -0.1) is 0 Å². The zero-order chi connectivity index (χ0) is 19.8. The number of carbonyl (C=O) groups is 1. The molecule has 2 saturated carbocycles. The highest BCUT2D eigenvalue weighted by Crippen LogP contribution is 2.70. The highest BCUT2D eigenvalue weighted by Gasteiger charge is 2.62. The van der Waals surface area contributed by atoms with E-state index < -0.39 is 0 Å². The quantitative estimate of drug-likeness (QED) is 0.665. The fraction of sp³-hybridized carbons (Fsp3) is 0.522. The molecular formula is C23H28N4O2. The Morgan fingerprint density at radius 2 is 2.21 bits per heavy atom. The van der Waals surface area contributed by atoms with Gasteiger partial charge in [0, 0.05) is 18.8 Å². The number of anilines is 1. The van der Waals surface area contributed by atoms with E-state index in [-0.39, 0.29) is 5.91 Å². The van der Waals surface area contributed by atoms with E-state index in [4.69, 9.17) is 4.52 Å². The second kappa shape index (κ2) is 7.32. The van der Waals surface area contributed by atoms with Crippen molar-refractivity contribution in [1.82, 2.24) is 15.5 Å². The maximum Gasteiger partial charge on any atom is 0.253 e. The van der Waals surface area contributed by atoms with E-state index in [2.05, 4.69) is 39.8 Å². The molecule has 2 aromatic rings. The van der Waals surface area contributed by atoms with Crippen molar-refractivity contribution in [3.05, 3.63) is 53.6 Å². The molecule has 6 nitrogen and oxygen atoms in total. The van der Waals surface area contributed by atoms with Crippen molar-refractivity contribution in [2.45, 2.75) is 45.6 Å². The Kier molecular flexibility index (Phi) is 4.64. The van der Waals surface area contributed by atoms with Gasteiger partial charge < -0.3 is 15.2 Å².